The average molecular weight is 1720 g/mol. The topological polar surface area (TPSA) is 25.6 Å². The van der Waals surface area contributed by atoms with Crippen LogP contribution in [0.25, 0.3) is 110 Å². The number of benzene rings is 17. The van der Waals surface area contributed by atoms with E-state index in [1.165, 1.54) is 202 Å². The Bertz CT molecular complexity index is 7020. The van der Waals surface area contributed by atoms with Crippen LogP contribution in [-0.4, -0.2) is 14.1 Å². The number of halogens is 2. The maximum absolute atomic E-state index is 3.66. The highest BCUT2D eigenvalue weighted by Crippen LogP contribution is 2.68. The normalized spacial score (nSPS) is 14.4. The summed E-state index contributed by atoms with van der Waals surface area (Å²) in [5.41, 5.74) is 32.8. The molecule has 6 heterocycles. The quantitative estimate of drug-likeness (QED) is 0.175. The molecule has 3 aliphatic heterocycles. The molecule has 26 rings (SSSR count). The van der Waals surface area contributed by atoms with Crippen molar-refractivity contribution in [3.05, 3.63) is 450 Å². The fourth-order valence-electron chi connectivity index (χ4n) is 20.7. The molecule has 3 aromatic heterocycles. The van der Waals surface area contributed by atoms with Gasteiger partial charge in [0.15, 0.2) is 0 Å². The van der Waals surface area contributed by atoms with Gasteiger partial charge in [0, 0.05) is 91.2 Å². The van der Waals surface area contributed by atoms with Gasteiger partial charge in [-0.3, -0.25) is 0 Å². The number of hydrogen-bond donors (Lipinski definition) is 1. The first kappa shape index (κ1) is 66.3. The Kier molecular flexibility index (Phi) is 14.9. The van der Waals surface area contributed by atoms with Gasteiger partial charge in [0.1, 0.15) is 0 Å². The van der Waals surface area contributed by atoms with Gasteiger partial charge in [-0.15, -0.1) is 0 Å². The molecule has 3 aliphatic carbocycles. The molecule has 0 atom stereocenters. The molecule has 0 saturated heterocycles. The van der Waals surface area contributed by atoms with Gasteiger partial charge in [-0.05, 0) is 248 Å². The van der Waals surface area contributed by atoms with Crippen LogP contribution in [0.5, 0.6) is 0 Å². The first-order chi connectivity index (χ1) is 55.9. The molecule has 3 spiro atoms. The Hall–Kier alpha value is -11.4. The van der Waals surface area contributed by atoms with Gasteiger partial charge in [0.2, 0.25) is 0 Å². The number of nitrogens with one attached hydrogen (secondary N) is 1. The Morgan fingerprint density at radius 2 is 0.496 bits per heavy atom. The molecule has 17 aromatic carbocycles. The van der Waals surface area contributed by atoms with Crippen molar-refractivity contribution >= 4 is 146 Å². The molecular weight excluding hydrogens is 1650 g/mol. The van der Waals surface area contributed by atoms with Crippen molar-refractivity contribution < 1.29 is 0 Å². The van der Waals surface area contributed by atoms with Crippen LogP contribution in [0.1, 0.15) is 66.8 Å². The molecule has 0 bridgehead atoms. The van der Waals surface area contributed by atoms with Crippen LogP contribution in [0, 0.1) is 7.14 Å². The summed E-state index contributed by atoms with van der Waals surface area (Å²) in [7, 11) is 0. The maximum atomic E-state index is 3.66. The van der Waals surface area contributed by atoms with E-state index in [4.69, 9.17) is 0 Å². The van der Waals surface area contributed by atoms with Gasteiger partial charge in [-0.1, -0.05) is 308 Å². The monoisotopic (exact) mass is 1720 g/mol. The maximum Gasteiger partial charge on any atom is 0.0735 e. The van der Waals surface area contributed by atoms with Crippen LogP contribution >= 0.6 is 80.5 Å². The predicted molar refractivity (Wildman–Crippen MR) is 487 cm³/mol. The second-order valence-corrected chi connectivity index (χ2v) is 35.8. The van der Waals surface area contributed by atoms with E-state index in [1.807, 2.05) is 35.3 Å². The zero-order chi connectivity index (χ0) is 74.4. The van der Waals surface area contributed by atoms with E-state index < -0.39 is 10.8 Å². The zero-order valence-electron chi connectivity index (χ0n) is 60.7. The number of H-pyrrole nitrogens is 1. The molecule has 530 valence electrons. The molecule has 113 heavy (non-hydrogen) atoms. The van der Waals surface area contributed by atoms with E-state index in [1.54, 1.807) is 0 Å². The van der Waals surface area contributed by atoms with E-state index in [-0.39, 0.29) is 5.41 Å². The highest BCUT2D eigenvalue weighted by molar-refractivity contribution is 14.1. The number of para-hydroxylation sites is 3. The molecule has 0 saturated carbocycles. The minimum atomic E-state index is -0.431. The van der Waals surface area contributed by atoms with Crippen molar-refractivity contribution in [1.29, 1.82) is 0 Å². The minimum absolute atomic E-state index is 0.309. The summed E-state index contributed by atoms with van der Waals surface area (Å²) in [5.74, 6) is 0. The van der Waals surface area contributed by atoms with Crippen LogP contribution < -0.4 is 0 Å². The largest absolute Gasteiger partial charge is 0.354 e. The van der Waals surface area contributed by atoms with E-state index in [0.717, 1.165) is 11.4 Å². The number of aromatic amines is 1. The van der Waals surface area contributed by atoms with Crippen LogP contribution in [0.3, 0.4) is 0 Å². The van der Waals surface area contributed by atoms with Gasteiger partial charge in [0.05, 0.1) is 38.3 Å². The van der Waals surface area contributed by atoms with Gasteiger partial charge >= 0.3 is 0 Å². The van der Waals surface area contributed by atoms with Crippen molar-refractivity contribution in [1.82, 2.24) is 14.1 Å². The summed E-state index contributed by atoms with van der Waals surface area (Å²) < 4.78 is 7.57. The third-order valence-electron chi connectivity index (χ3n) is 25.0. The van der Waals surface area contributed by atoms with Gasteiger partial charge in [-0.25, -0.2) is 0 Å². The number of aromatic nitrogens is 3. The SMILES string of the molecule is Ic1ccc(I)cc1.c1ccc2c(c1)Sc1c(ccc3[nH]c4ccccc4c13)C21c2ccccc2-c2ccccc21.c1ccc2c(c1)Sc1c(ccc3c1c1ccccc1n3-c1ccc(-n3c4ccccc4c4c5c(ccc43)C3(c4ccccc4S5)c4ccccc4-c4ccccc43)cc1)C21c2ccccc2-c2ccccc21. The Morgan fingerprint density at radius 1 is 0.212 bits per heavy atom. The lowest BCUT2D eigenvalue weighted by Crippen LogP contribution is -2.32. The van der Waals surface area contributed by atoms with E-state index in [2.05, 4.69) is 435 Å². The predicted octanol–water partition coefficient (Wildman–Crippen LogP) is 28.6. The third-order valence-corrected chi connectivity index (χ3v) is 30.0. The third kappa shape index (κ3) is 9.12. The zero-order valence-corrected chi connectivity index (χ0v) is 67.4. The lowest BCUT2D eigenvalue weighted by molar-refractivity contribution is 0.726. The van der Waals surface area contributed by atoms with Crippen LogP contribution in [-0.2, 0) is 16.2 Å². The fraction of sp³-hybridized carbons (Fsp3) is 0.0286. The van der Waals surface area contributed by atoms with Crippen molar-refractivity contribution in [2.45, 2.75) is 45.6 Å². The molecule has 1 N–H and O–H groups in total. The molecule has 20 aromatic rings. The highest BCUT2D eigenvalue weighted by atomic mass is 127. The van der Waals surface area contributed by atoms with Gasteiger partial charge in [-0.2, -0.15) is 0 Å². The summed E-state index contributed by atoms with van der Waals surface area (Å²) >= 11 is 10.4. The molecule has 6 aliphatic rings. The van der Waals surface area contributed by atoms with Crippen molar-refractivity contribution in [3.8, 4) is 44.8 Å². The second-order valence-electron chi connectivity index (χ2n) is 30.2. The van der Waals surface area contributed by atoms with E-state index >= 15 is 0 Å². The minimum Gasteiger partial charge on any atom is -0.354 e. The van der Waals surface area contributed by atoms with Gasteiger partial charge in [0.25, 0.3) is 0 Å². The van der Waals surface area contributed by atoms with Crippen molar-refractivity contribution in [2.24, 2.45) is 0 Å². The Balaban J connectivity index is 0.000000148. The number of fused-ring (bicyclic) bond motifs is 39. The number of rotatable bonds is 2. The Morgan fingerprint density at radius 3 is 0.858 bits per heavy atom. The summed E-state index contributed by atoms with van der Waals surface area (Å²) in [6.45, 7) is 0. The molecule has 0 fully saturated rings. The molecule has 3 nitrogen and oxygen atoms in total. The molecule has 0 unspecified atom stereocenters. The summed E-state index contributed by atoms with van der Waals surface area (Å²) in [5, 5.41) is 7.79. The van der Waals surface area contributed by atoms with Crippen molar-refractivity contribution in [3.63, 3.8) is 0 Å². The van der Waals surface area contributed by atoms with Crippen molar-refractivity contribution in [2.75, 3.05) is 0 Å². The van der Waals surface area contributed by atoms with E-state index in [0.29, 0.717) is 0 Å². The highest BCUT2D eigenvalue weighted by Gasteiger charge is 2.54. The summed E-state index contributed by atoms with van der Waals surface area (Å²) in [4.78, 5) is 11.7. The standard InChI is InChI=1S/C68H40N2S2.C31H19NS.C6H4I2/c1-7-23-49-43(17-1)44-18-2-8-24-50(44)67(49)53-27-11-15-31-61(53)71-65-55(67)37-39-59-63(65)47-21-5-13-29-57(47)69(59)41-33-35-42(36-34-41)70-58-30-14-6-22-48(58)64-60(70)40-38-56-66(64)72-62-32-16-12-28-54(62)68(56)51-25-9-3-19-45(51)46-20-4-10-26-52(46)68;1-4-12-22-19(9-1)20-10-2-5-13-23(20)31(22)24-14-6-8-16-28(24)33-30-25(31)17-18-27-29(30)21-11-3-7-15-26(21)32-27;7-5-1-2-6(8)4-3-5/h1-40H;1-18,32H;1-4H. The smallest absolute Gasteiger partial charge is 0.0735 e. The first-order valence-electron chi connectivity index (χ1n) is 38.5. The lowest BCUT2D eigenvalue weighted by Gasteiger charge is -2.40. The first-order valence-corrected chi connectivity index (χ1v) is 43.1. The molecule has 8 heteroatoms. The molecule has 0 amide bonds. The lowest BCUT2D eigenvalue weighted by atomic mass is 9.67. The van der Waals surface area contributed by atoms with E-state index in [9.17, 15) is 0 Å². The molecular formula is C105H63I2N3S3. The van der Waals surface area contributed by atoms with Crippen LogP contribution in [0.15, 0.2) is 405 Å². The fourth-order valence-corrected chi connectivity index (χ4v) is 25.5. The Labute approximate surface area is 693 Å². The van der Waals surface area contributed by atoms with Gasteiger partial charge < -0.3 is 14.1 Å². The summed E-state index contributed by atoms with van der Waals surface area (Å²) in [6.07, 6.45) is 0. The van der Waals surface area contributed by atoms with Crippen LogP contribution in [0.2, 0.25) is 0 Å². The number of nitrogens with zero attached hydrogens (tertiary/aromatic N) is 2. The summed E-state index contributed by atoms with van der Waals surface area (Å²) in [6, 6.07) is 140. The average Bonchev–Trinajstić information content (AvgIpc) is 1.54. The van der Waals surface area contributed by atoms with Crippen LogP contribution in [0.4, 0.5) is 0 Å². The molecule has 0 radical (unpaired) electrons. The number of hydrogen-bond acceptors (Lipinski definition) is 3. The second kappa shape index (κ2) is 25.3.